The molecule has 2 heterocycles. The largest absolute Gasteiger partial charge is 0.479 e. The van der Waals surface area contributed by atoms with Crippen LogP contribution in [0, 0.1) is 4.77 Å². The lowest BCUT2D eigenvalue weighted by molar-refractivity contribution is 0.401. The number of aryl methyl sites for hydroxylation is 1. The molecule has 3 aromatic rings. The lowest BCUT2D eigenvalue weighted by Crippen LogP contribution is -2.00. The summed E-state index contributed by atoms with van der Waals surface area (Å²) < 4.78 is 7.75. The van der Waals surface area contributed by atoms with Crippen molar-refractivity contribution in [3.8, 4) is 11.6 Å². The van der Waals surface area contributed by atoms with Gasteiger partial charge in [0.2, 0.25) is 5.88 Å². The fourth-order valence-corrected chi connectivity index (χ4v) is 2.59. The Bertz CT molecular complexity index is 821. The number of imidazole rings is 1. The molecule has 20 heavy (non-hydrogen) atoms. The molecule has 3 rings (SSSR count). The van der Waals surface area contributed by atoms with Gasteiger partial charge in [-0.2, -0.15) is 4.98 Å². The Morgan fingerprint density at radius 1 is 1.30 bits per heavy atom. The highest BCUT2D eigenvalue weighted by Crippen LogP contribution is 2.25. The van der Waals surface area contributed by atoms with Crippen molar-refractivity contribution in [1.29, 1.82) is 0 Å². The van der Waals surface area contributed by atoms with Gasteiger partial charge in [-0.1, -0.05) is 25.1 Å². The Labute approximate surface area is 121 Å². The number of H-pyrrole nitrogens is 1. The first-order valence-electron chi connectivity index (χ1n) is 6.34. The predicted octanol–water partition coefficient (Wildman–Crippen LogP) is 3.05. The number of benzene rings is 1. The maximum absolute atomic E-state index is 5.43. The molecule has 102 valence electrons. The average molecular weight is 286 g/mol. The molecule has 0 saturated heterocycles. The molecule has 0 aliphatic carbocycles. The second-order valence-electron chi connectivity index (χ2n) is 4.33. The van der Waals surface area contributed by atoms with Crippen molar-refractivity contribution >= 4 is 23.4 Å². The van der Waals surface area contributed by atoms with Crippen molar-refractivity contribution in [3.63, 3.8) is 0 Å². The summed E-state index contributed by atoms with van der Waals surface area (Å²) in [6, 6.07) is 8.15. The van der Waals surface area contributed by atoms with Gasteiger partial charge in [0.15, 0.2) is 10.4 Å². The minimum absolute atomic E-state index is 0.494. The Morgan fingerprint density at radius 2 is 2.10 bits per heavy atom. The predicted molar refractivity (Wildman–Crippen MR) is 80.0 cm³/mol. The number of aromatic nitrogens is 4. The molecule has 0 atom stereocenters. The first-order chi connectivity index (χ1) is 9.76. The van der Waals surface area contributed by atoms with Crippen LogP contribution in [0.1, 0.15) is 12.5 Å². The number of ether oxygens (including phenoxy) is 1. The third kappa shape index (κ3) is 1.89. The Hall–Kier alpha value is -2.21. The molecule has 0 aliphatic heterocycles. The van der Waals surface area contributed by atoms with Gasteiger partial charge in [-0.15, -0.1) is 0 Å². The molecule has 0 fully saturated rings. The average Bonchev–Trinajstić information content (AvgIpc) is 2.82. The minimum Gasteiger partial charge on any atom is -0.479 e. The standard InChI is InChI=1S/C14H14N4OS/c1-3-9-6-4-5-7-10(9)18-12-11(17-14(18)20)13(19-2)16-8-15-12/h4-8H,3H2,1-2H3,(H,17,20). The van der Waals surface area contributed by atoms with Gasteiger partial charge >= 0.3 is 0 Å². The van der Waals surface area contributed by atoms with Crippen molar-refractivity contribution in [3.05, 3.63) is 40.9 Å². The van der Waals surface area contributed by atoms with Gasteiger partial charge in [0.25, 0.3) is 0 Å². The first-order valence-corrected chi connectivity index (χ1v) is 6.75. The SMILES string of the molecule is CCc1ccccc1-n1c(=S)[nH]c2c(OC)ncnc21. The number of nitrogens with one attached hydrogen (secondary N) is 1. The lowest BCUT2D eigenvalue weighted by Gasteiger charge is -2.09. The maximum atomic E-state index is 5.43. The number of hydrogen-bond acceptors (Lipinski definition) is 4. The second kappa shape index (κ2) is 5.05. The summed E-state index contributed by atoms with van der Waals surface area (Å²) in [6.45, 7) is 2.12. The van der Waals surface area contributed by atoms with Crippen LogP contribution in [-0.2, 0) is 6.42 Å². The number of aromatic amines is 1. The Balaban J connectivity index is 2.37. The summed E-state index contributed by atoms with van der Waals surface area (Å²) in [5, 5.41) is 0. The van der Waals surface area contributed by atoms with Gasteiger partial charge in [0.05, 0.1) is 12.8 Å². The summed E-state index contributed by atoms with van der Waals surface area (Å²) in [4.78, 5) is 11.6. The Morgan fingerprint density at radius 3 is 2.85 bits per heavy atom. The molecule has 1 N–H and O–H groups in total. The molecule has 0 spiro atoms. The molecule has 0 saturated carbocycles. The summed E-state index contributed by atoms with van der Waals surface area (Å²) in [5.41, 5.74) is 3.68. The summed E-state index contributed by atoms with van der Waals surface area (Å²) in [5.74, 6) is 0.494. The molecule has 0 radical (unpaired) electrons. The molecule has 0 bridgehead atoms. The fourth-order valence-electron chi connectivity index (χ4n) is 2.30. The zero-order chi connectivity index (χ0) is 14.1. The van der Waals surface area contributed by atoms with Gasteiger partial charge in [0.1, 0.15) is 11.8 Å². The highest BCUT2D eigenvalue weighted by atomic mass is 32.1. The van der Waals surface area contributed by atoms with E-state index >= 15 is 0 Å². The van der Waals surface area contributed by atoms with E-state index in [4.69, 9.17) is 17.0 Å². The van der Waals surface area contributed by atoms with Crippen molar-refractivity contribution in [1.82, 2.24) is 19.5 Å². The van der Waals surface area contributed by atoms with Crippen LogP contribution in [-0.4, -0.2) is 26.6 Å². The second-order valence-corrected chi connectivity index (χ2v) is 4.72. The van der Waals surface area contributed by atoms with Gasteiger partial charge in [-0.3, -0.25) is 4.57 Å². The third-order valence-corrected chi connectivity index (χ3v) is 3.53. The number of methoxy groups -OCH3 is 1. The highest BCUT2D eigenvalue weighted by molar-refractivity contribution is 7.71. The number of fused-ring (bicyclic) bond motifs is 1. The van der Waals surface area contributed by atoms with Crippen molar-refractivity contribution in [2.45, 2.75) is 13.3 Å². The summed E-state index contributed by atoms with van der Waals surface area (Å²) in [6.07, 6.45) is 2.40. The van der Waals surface area contributed by atoms with Crippen LogP contribution in [0.25, 0.3) is 16.9 Å². The normalized spacial score (nSPS) is 10.9. The van der Waals surface area contributed by atoms with E-state index in [9.17, 15) is 0 Å². The molecule has 0 aliphatic rings. The van der Waals surface area contributed by atoms with Gasteiger partial charge in [-0.25, -0.2) is 4.98 Å². The van der Waals surface area contributed by atoms with E-state index in [0.29, 0.717) is 16.2 Å². The van der Waals surface area contributed by atoms with E-state index in [0.717, 1.165) is 17.8 Å². The van der Waals surface area contributed by atoms with Crippen molar-refractivity contribution in [2.24, 2.45) is 0 Å². The van der Waals surface area contributed by atoms with E-state index < -0.39 is 0 Å². The zero-order valence-corrected chi connectivity index (χ0v) is 12.1. The van der Waals surface area contributed by atoms with Crippen LogP contribution in [0.5, 0.6) is 5.88 Å². The van der Waals surface area contributed by atoms with Crippen molar-refractivity contribution in [2.75, 3.05) is 7.11 Å². The number of nitrogens with zero attached hydrogens (tertiary/aromatic N) is 3. The minimum atomic E-state index is 0.494. The van der Waals surface area contributed by atoms with Gasteiger partial charge < -0.3 is 9.72 Å². The maximum Gasteiger partial charge on any atom is 0.242 e. The fraction of sp³-hybridized carbons (Fsp3) is 0.214. The van der Waals surface area contributed by atoms with Gasteiger partial charge in [-0.05, 0) is 30.3 Å². The van der Waals surface area contributed by atoms with E-state index in [2.05, 4.69) is 27.9 Å². The van der Waals surface area contributed by atoms with Crippen LogP contribution < -0.4 is 4.74 Å². The molecule has 6 heteroatoms. The van der Waals surface area contributed by atoms with Crippen LogP contribution in [0.15, 0.2) is 30.6 Å². The quantitative estimate of drug-likeness (QED) is 0.752. The zero-order valence-electron chi connectivity index (χ0n) is 11.3. The van der Waals surface area contributed by atoms with E-state index in [-0.39, 0.29) is 0 Å². The van der Waals surface area contributed by atoms with Crippen molar-refractivity contribution < 1.29 is 4.74 Å². The summed E-state index contributed by atoms with van der Waals surface area (Å²) >= 11 is 5.43. The smallest absolute Gasteiger partial charge is 0.242 e. The van der Waals surface area contributed by atoms with Crippen LogP contribution >= 0.6 is 12.2 Å². The van der Waals surface area contributed by atoms with E-state index in [1.165, 1.54) is 11.9 Å². The van der Waals surface area contributed by atoms with Gasteiger partial charge in [0, 0.05) is 0 Å². The number of para-hydroxylation sites is 1. The molecule has 0 amide bonds. The Kier molecular flexibility index (Phi) is 3.23. The highest BCUT2D eigenvalue weighted by Gasteiger charge is 2.14. The first kappa shape index (κ1) is 12.8. The molecule has 5 nitrogen and oxygen atoms in total. The number of hydrogen-bond donors (Lipinski definition) is 1. The monoisotopic (exact) mass is 286 g/mol. The lowest BCUT2D eigenvalue weighted by atomic mass is 10.1. The number of rotatable bonds is 3. The van der Waals surface area contributed by atoms with Crippen LogP contribution in [0.2, 0.25) is 0 Å². The topological polar surface area (TPSA) is 55.7 Å². The molecular formula is C14H14N4OS. The van der Waals surface area contributed by atoms with Crippen LogP contribution in [0.3, 0.4) is 0 Å². The molecule has 1 aromatic carbocycles. The van der Waals surface area contributed by atoms with E-state index in [1.807, 2.05) is 22.8 Å². The van der Waals surface area contributed by atoms with Crippen LogP contribution in [0.4, 0.5) is 0 Å². The molecular weight excluding hydrogens is 272 g/mol. The summed E-state index contributed by atoms with van der Waals surface area (Å²) in [7, 11) is 1.58. The van der Waals surface area contributed by atoms with E-state index in [1.54, 1.807) is 7.11 Å². The molecule has 0 unspecified atom stereocenters. The molecule has 2 aromatic heterocycles. The third-order valence-electron chi connectivity index (χ3n) is 3.25.